The van der Waals surface area contributed by atoms with Crippen molar-refractivity contribution in [2.45, 2.75) is 26.3 Å². The van der Waals surface area contributed by atoms with Crippen LogP contribution in [0, 0.1) is 0 Å². The van der Waals surface area contributed by atoms with E-state index in [0.717, 1.165) is 25.1 Å². The predicted molar refractivity (Wildman–Crippen MR) is 145 cm³/mol. The minimum absolute atomic E-state index is 0.0637. The molecular formula is C30H36N2O6. The lowest BCUT2D eigenvalue weighted by molar-refractivity contribution is -0.129. The van der Waals surface area contributed by atoms with Crippen molar-refractivity contribution in [2.24, 2.45) is 0 Å². The molecule has 8 heteroatoms. The van der Waals surface area contributed by atoms with Crippen molar-refractivity contribution >= 4 is 17.8 Å². The van der Waals surface area contributed by atoms with Crippen LogP contribution in [0.4, 0.5) is 0 Å². The largest absolute Gasteiger partial charge is 0.503 e. The highest BCUT2D eigenvalue weighted by molar-refractivity contribution is 6.14. The van der Waals surface area contributed by atoms with Crippen molar-refractivity contribution in [3.05, 3.63) is 77.1 Å². The van der Waals surface area contributed by atoms with Crippen LogP contribution in [-0.4, -0.2) is 79.2 Å². The first-order chi connectivity index (χ1) is 18.5. The number of carbonyl (C=O) groups is 2. The highest BCUT2D eigenvalue weighted by Crippen LogP contribution is 2.41. The Kier molecular flexibility index (Phi) is 9.56. The van der Waals surface area contributed by atoms with Crippen LogP contribution in [0.3, 0.4) is 0 Å². The summed E-state index contributed by atoms with van der Waals surface area (Å²) < 4.78 is 17.1. The fourth-order valence-electron chi connectivity index (χ4n) is 4.68. The highest BCUT2D eigenvalue weighted by Gasteiger charge is 2.43. The number of benzene rings is 2. The highest BCUT2D eigenvalue weighted by atomic mass is 16.5. The van der Waals surface area contributed by atoms with E-state index in [1.807, 2.05) is 50.2 Å². The van der Waals surface area contributed by atoms with Gasteiger partial charge in [-0.2, -0.15) is 0 Å². The molecule has 0 radical (unpaired) electrons. The summed E-state index contributed by atoms with van der Waals surface area (Å²) in [6.07, 6.45) is 3.95. The molecule has 1 fully saturated rings. The Morgan fingerprint density at radius 3 is 2.53 bits per heavy atom. The molecule has 2 aromatic carbocycles. The number of carbonyl (C=O) groups excluding carboxylic acids is 2. The van der Waals surface area contributed by atoms with E-state index >= 15 is 0 Å². The maximum Gasteiger partial charge on any atom is 0.290 e. The van der Waals surface area contributed by atoms with E-state index in [1.54, 1.807) is 23.1 Å². The van der Waals surface area contributed by atoms with Crippen molar-refractivity contribution in [3.8, 4) is 11.5 Å². The fourth-order valence-corrected chi connectivity index (χ4v) is 4.68. The molecule has 0 aliphatic carbocycles. The van der Waals surface area contributed by atoms with Crippen LogP contribution < -0.4 is 9.47 Å². The van der Waals surface area contributed by atoms with Crippen LogP contribution in [0.15, 0.2) is 65.9 Å². The van der Waals surface area contributed by atoms with Gasteiger partial charge in [0.1, 0.15) is 0 Å². The summed E-state index contributed by atoms with van der Waals surface area (Å²) in [5.41, 5.74) is 1.59. The normalized spacial score (nSPS) is 18.4. The third-order valence-corrected chi connectivity index (χ3v) is 6.60. The van der Waals surface area contributed by atoms with Gasteiger partial charge in [-0.15, -0.1) is 0 Å². The zero-order valence-corrected chi connectivity index (χ0v) is 22.1. The van der Waals surface area contributed by atoms with Crippen molar-refractivity contribution in [1.29, 1.82) is 0 Å². The number of aliphatic hydroxyl groups is 1. The Hall–Kier alpha value is -3.62. The van der Waals surface area contributed by atoms with E-state index in [9.17, 15) is 14.7 Å². The van der Waals surface area contributed by atoms with Gasteiger partial charge >= 0.3 is 0 Å². The lowest BCUT2D eigenvalue weighted by atomic mass is 9.95. The first kappa shape index (κ1) is 27.4. The van der Waals surface area contributed by atoms with Gasteiger partial charge in [-0.1, -0.05) is 49.4 Å². The molecular weight excluding hydrogens is 484 g/mol. The third-order valence-electron chi connectivity index (χ3n) is 6.60. The number of nitrogens with zero attached hydrogens (tertiary/aromatic N) is 2. The summed E-state index contributed by atoms with van der Waals surface area (Å²) in [5, 5.41) is 11.0. The lowest BCUT2D eigenvalue weighted by Crippen LogP contribution is -2.43. The molecule has 4 rings (SSSR count). The van der Waals surface area contributed by atoms with Crippen molar-refractivity contribution < 1.29 is 28.9 Å². The number of hydrogen-bond donors (Lipinski definition) is 1. The standard InChI is InChI=1S/C30H36N2O6/c1-3-18-38-25-13-11-23(21-26(25)37-4-2)28-27(24(33)12-10-22-8-6-5-7-9-22)29(34)30(35)32(28)15-14-31-16-19-36-20-17-31/h5-13,21,28,34H,3-4,14-20H2,1-2H3/b12-10+. The van der Waals surface area contributed by atoms with E-state index < -0.39 is 23.5 Å². The van der Waals surface area contributed by atoms with Crippen LogP contribution in [0.25, 0.3) is 6.08 Å². The minimum atomic E-state index is -0.754. The number of hydrogen-bond acceptors (Lipinski definition) is 7. The van der Waals surface area contributed by atoms with Gasteiger partial charge in [-0.3, -0.25) is 14.5 Å². The Bertz CT molecular complexity index is 1170. The number of ketones is 1. The smallest absolute Gasteiger partial charge is 0.290 e. The number of morpholine rings is 1. The lowest BCUT2D eigenvalue weighted by Gasteiger charge is -2.31. The molecule has 202 valence electrons. The number of allylic oxidation sites excluding steroid dienone is 1. The summed E-state index contributed by atoms with van der Waals surface area (Å²) in [5.74, 6) is -0.334. The van der Waals surface area contributed by atoms with Crippen molar-refractivity contribution in [1.82, 2.24) is 9.80 Å². The second kappa shape index (κ2) is 13.3. The second-order valence-corrected chi connectivity index (χ2v) is 9.21. The van der Waals surface area contributed by atoms with E-state index in [1.165, 1.54) is 6.08 Å². The maximum atomic E-state index is 13.5. The van der Waals surface area contributed by atoms with Gasteiger partial charge in [0.05, 0.1) is 38.0 Å². The van der Waals surface area contributed by atoms with Crippen molar-refractivity contribution in [2.75, 3.05) is 52.6 Å². The molecule has 0 bridgehead atoms. The summed E-state index contributed by atoms with van der Waals surface area (Å²) in [4.78, 5) is 30.6. The number of rotatable bonds is 12. The molecule has 1 atom stereocenters. The Labute approximate surface area is 224 Å². The quantitative estimate of drug-likeness (QED) is 0.420. The molecule has 2 aromatic rings. The Morgan fingerprint density at radius 2 is 1.82 bits per heavy atom. The predicted octanol–water partition coefficient (Wildman–Crippen LogP) is 4.18. The topological polar surface area (TPSA) is 88.5 Å². The molecule has 1 saturated heterocycles. The van der Waals surface area contributed by atoms with E-state index in [2.05, 4.69) is 4.90 Å². The minimum Gasteiger partial charge on any atom is -0.503 e. The number of aliphatic hydroxyl groups excluding tert-OH is 1. The molecule has 0 spiro atoms. The molecule has 2 aliphatic rings. The molecule has 1 N–H and O–H groups in total. The van der Waals surface area contributed by atoms with Gasteiger partial charge in [0.25, 0.3) is 5.91 Å². The van der Waals surface area contributed by atoms with E-state index in [4.69, 9.17) is 14.2 Å². The zero-order chi connectivity index (χ0) is 26.9. The first-order valence-electron chi connectivity index (χ1n) is 13.2. The average Bonchev–Trinajstić information content (AvgIpc) is 3.20. The summed E-state index contributed by atoms with van der Waals surface area (Å²) >= 11 is 0. The summed E-state index contributed by atoms with van der Waals surface area (Å²) in [7, 11) is 0. The number of amides is 1. The van der Waals surface area contributed by atoms with Gasteiger partial charge in [0, 0.05) is 26.2 Å². The number of ether oxygens (including phenoxy) is 3. The summed E-state index contributed by atoms with van der Waals surface area (Å²) in [6.45, 7) is 8.69. The van der Waals surface area contributed by atoms with E-state index in [-0.39, 0.29) is 5.57 Å². The van der Waals surface area contributed by atoms with Crippen LogP contribution >= 0.6 is 0 Å². The Balaban J connectivity index is 1.68. The summed E-state index contributed by atoms with van der Waals surface area (Å²) in [6, 6.07) is 14.1. The average molecular weight is 521 g/mol. The molecule has 1 unspecified atom stereocenters. The molecule has 2 heterocycles. The maximum absolute atomic E-state index is 13.5. The second-order valence-electron chi connectivity index (χ2n) is 9.21. The third kappa shape index (κ3) is 6.44. The molecule has 2 aliphatic heterocycles. The first-order valence-corrected chi connectivity index (χ1v) is 13.2. The van der Waals surface area contributed by atoms with Crippen molar-refractivity contribution in [3.63, 3.8) is 0 Å². The molecule has 1 amide bonds. The SMILES string of the molecule is CCCOc1ccc(C2C(C(=O)/C=C/c3ccccc3)=C(O)C(=O)N2CCN2CCOCC2)cc1OCC. The van der Waals surface area contributed by atoms with E-state index in [0.29, 0.717) is 56.6 Å². The van der Waals surface area contributed by atoms with Gasteiger partial charge < -0.3 is 24.2 Å². The monoisotopic (exact) mass is 520 g/mol. The Morgan fingerprint density at radius 1 is 1.05 bits per heavy atom. The fraction of sp³-hybridized carbons (Fsp3) is 0.400. The zero-order valence-electron chi connectivity index (χ0n) is 22.1. The molecule has 0 saturated carbocycles. The van der Waals surface area contributed by atoms with Crippen LogP contribution in [-0.2, 0) is 14.3 Å². The molecule has 8 nitrogen and oxygen atoms in total. The van der Waals surface area contributed by atoms with Crippen LogP contribution in [0.1, 0.15) is 37.4 Å². The van der Waals surface area contributed by atoms with Crippen LogP contribution in [0.2, 0.25) is 0 Å². The van der Waals surface area contributed by atoms with Gasteiger partial charge in [-0.05, 0) is 42.7 Å². The molecule has 0 aromatic heterocycles. The van der Waals surface area contributed by atoms with Gasteiger partial charge in [-0.25, -0.2) is 0 Å². The van der Waals surface area contributed by atoms with Crippen LogP contribution in [0.5, 0.6) is 11.5 Å². The van der Waals surface area contributed by atoms with Gasteiger partial charge in [0.15, 0.2) is 23.0 Å². The van der Waals surface area contributed by atoms with Gasteiger partial charge in [0.2, 0.25) is 0 Å². The molecule has 38 heavy (non-hydrogen) atoms.